The Balaban J connectivity index is 1.62. The number of amides is 1. The Morgan fingerprint density at radius 1 is 1.15 bits per heavy atom. The van der Waals surface area contributed by atoms with Crippen molar-refractivity contribution in [2.24, 2.45) is 5.92 Å². The first-order valence-electron chi connectivity index (χ1n) is 10.4. The largest absolute Gasteiger partial charge is 0.497 e. The fourth-order valence-corrected chi connectivity index (χ4v) is 3.92. The highest BCUT2D eigenvalue weighted by molar-refractivity contribution is 5.95. The van der Waals surface area contributed by atoms with Crippen LogP contribution in [0.5, 0.6) is 11.5 Å². The number of rotatable bonds is 7. The van der Waals surface area contributed by atoms with Gasteiger partial charge < -0.3 is 14.8 Å². The van der Waals surface area contributed by atoms with Crippen LogP contribution in [0.4, 0.5) is 14.6 Å². The molecule has 0 bridgehead atoms. The van der Waals surface area contributed by atoms with E-state index in [0.717, 1.165) is 6.20 Å². The van der Waals surface area contributed by atoms with E-state index in [1.165, 1.54) is 25.3 Å². The average molecular weight is 454 g/mol. The third-order valence-corrected chi connectivity index (χ3v) is 5.91. The zero-order valence-corrected chi connectivity index (χ0v) is 18.8. The van der Waals surface area contributed by atoms with Crippen molar-refractivity contribution in [3.8, 4) is 11.5 Å². The second-order valence-electron chi connectivity index (χ2n) is 8.26. The molecular formula is C24H24F2N4O3. The van der Waals surface area contributed by atoms with Crippen molar-refractivity contribution in [3.05, 3.63) is 70.9 Å². The lowest BCUT2D eigenvalue weighted by molar-refractivity contribution is -0.117. The van der Waals surface area contributed by atoms with Gasteiger partial charge in [-0.2, -0.15) is 0 Å². The molecule has 1 aromatic carbocycles. The van der Waals surface area contributed by atoms with Gasteiger partial charge in [0, 0.05) is 11.5 Å². The van der Waals surface area contributed by atoms with Gasteiger partial charge in [-0.05, 0) is 56.5 Å². The van der Waals surface area contributed by atoms with Crippen molar-refractivity contribution >= 4 is 11.7 Å². The van der Waals surface area contributed by atoms with Gasteiger partial charge in [0.15, 0.2) is 5.75 Å². The number of ether oxygens (including phenoxy) is 2. The average Bonchev–Trinajstić information content (AvgIpc) is 3.51. The molecule has 7 nitrogen and oxygen atoms in total. The molecule has 1 amide bonds. The molecule has 2 atom stereocenters. The van der Waals surface area contributed by atoms with Gasteiger partial charge in [-0.15, -0.1) is 0 Å². The molecule has 2 aromatic heterocycles. The maximum Gasteiger partial charge on any atom is 0.229 e. The lowest BCUT2D eigenvalue weighted by Gasteiger charge is -2.20. The highest BCUT2D eigenvalue weighted by Crippen LogP contribution is 2.55. The monoisotopic (exact) mass is 454 g/mol. The second-order valence-corrected chi connectivity index (χ2v) is 8.26. The van der Waals surface area contributed by atoms with Crippen LogP contribution in [0.2, 0.25) is 0 Å². The number of nitrogens with zero attached hydrogens (tertiary/aromatic N) is 3. The minimum atomic E-state index is -0.786. The summed E-state index contributed by atoms with van der Waals surface area (Å²) < 4.78 is 39.1. The van der Waals surface area contributed by atoms with E-state index >= 15 is 0 Å². The van der Waals surface area contributed by atoms with E-state index in [-0.39, 0.29) is 18.3 Å². The summed E-state index contributed by atoms with van der Waals surface area (Å²) in [5.41, 5.74) is 0.845. The van der Waals surface area contributed by atoms with E-state index in [4.69, 9.17) is 9.47 Å². The lowest BCUT2D eigenvalue weighted by atomic mass is 9.93. The molecule has 2 unspecified atom stereocenters. The number of anilines is 1. The summed E-state index contributed by atoms with van der Waals surface area (Å²) >= 11 is 0. The first-order valence-corrected chi connectivity index (χ1v) is 10.4. The SMILES string of the molecule is COc1cc(F)cc(C2(COc3cnc(C)nc3C)CC2C(=O)Nc2cc(C)c(F)cn2)c1. The molecule has 3 aromatic rings. The second kappa shape index (κ2) is 8.73. The van der Waals surface area contributed by atoms with E-state index in [1.807, 2.05) is 6.92 Å². The molecule has 0 radical (unpaired) electrons. The van der Waals surface area contributed by atoms with E-state index < -0.39 is 23.0 Å². The molecular weight excluding hydrogens is 430 g/mol. The number of hydrogen-bond donors (Lipinski definition) is 1. The fraction of sp³-hybridized carbons (Fsp3) is 0.333. The Morgan fingerprint density at radius 3 is 2.64 bits per heavy atom. The summed E-state index contributed by atoms with van der Waals surface area (Å²) in [6.07, 6.45) is 3.07. The molecule has 1 aliphatic rings. The van der Waals surface area contributed by atoms with Crippen molar-refractivity contribution < 1.29 is 23.0 Å². The van der Waals surface area contributed by atoms with Crippen molar-refractivity contribution in [2.75, 3.05) is 19.0 Å². The number of pyridine rings is 1. The van der Waals surface area contributed by atoms with Crippen molar-refractivity contribution in [1.29, 1.82) is 0 Å². The Labute approximate surface area is 190 Å². The van der Waals surface area contributed by atoms with Crippen molar-refractivity contribution in [1.82, 2.24) is 15.0 Å². The molecule has 4 rings (SSSR count). The first kappa shape index (κ1) is 22.6. The molecule has 1 N–H and O–H groups in total. The first-order chi connectivity index (χ1) is 15.7. The topological polar surface area (TPSA) is 86.2 Å². The van der Waals surface area contributed by atoms with E-state index in [9.17, 15) is 13.6 Å². The minimum Gasteiger partial charge on any atom is -0.497 e. The van der Waals surface area contributed by atoms with E-state index in [1.54, 1.807) is 26.1 Å². The molecule has 2 heterocycles. The van der Waals surface area contributed by atoms with Crippen LogP contribution in [0.15, 0.2) is 36.7 Å². The minimum absolute atomic E-state index is 0.112. The Kier molecular flexibility index (Phi) is 5.97. The van der Waals surface area contributed by atoms with E-state index in [2.05, 4.69) is 20.3 Å². The van der Waals surface area contributed by atoms with E-state index in [0.29, 0.717) is 40.6 Å². The van der Waals surface area contributed by atoms with Crippen LogP contribution in [0.1, 0.15) is 29.1 Å². The molecule has 9 heteroatoms. The Morgan fingerprint density at radius 2 is 1.94 bits per heavy atom. The highest BCUT2D eigenvalue weighted by atomic mass is 19.1. The molecule has 172 valence electrons. The number of carbonyl (C=O) groups is 1. The maximum absolute atomic E-state index is 14.3. The number of nitrogens with one attached hydrogen (secondary N) is 1. The number of aryl methyl sites for hydroxylation is 3. The van der Waals surface area contributed by atoms with Crippen molar-refractivity contribution in [2.45, 2.75) is 32.6 Å². The molecule has 1 saturated carbocycles. The van der Waals surface area contributed by atoms with Crippen LogP contribution in [0.25, 0.3) is 0 Å². The Bertz CT molecular complexity index is 1220. The van der Waals surface area contributed by atoms with Crippen LogP contribution in [-0.4, -0.2) is 34.6 Å². The van der Waals surface area contributed by atoms with Gasteiger partial charge in [-0.3, -0.25) is 4.79 Å². The van der Waals surface area contributed by atoms with Gasteiger partial charge in [0.1, 0.15) is 29.0 Å². The summed E-state index contributed by atoms with van der Waals surface area (Å²) in [5.74, 6) is -0.0352. The van der Waals surface area contributed by atoms with Crippen LogP contribution < -0.4 is 14.8 Å². The highest BCUT2D eigenvalue weighted by Gasteiger charge is 2.60. The number of carbonyl (C=O) groups excluding carboxylic acids is 1. The Hall–Kier alpha value is -3.62. The number of benzene rings is 1. The fourth-order valence-electron chi connectivity index (χ4n) is 3.92. The summed E-state index contributed by atoms with van der Waals surface area (Å²) in [5, 5.41) is 2.73. The van der Waals surface area contributed by atoms with Crippen molar-refractivity contribution in [3.63, 3.8) is 0 Å². The van der Waals surface area contributed by atoms with Gasteiger partial charge in [0.05, 0.1) is 37.7 Å². The van der Waals surface area contributed by atoms with Gasteiger partial charge in [0.2, 0.25) is 5.91 Å². The number of hydrogen-bond acceptors (Lipinski definition) is 6. The quantitative estimate of drug-likeness (QED) is 0.580. The third kappa shape index (κ3) is 4.62. The number of halogens is 2. The predicted octanol–water partition coefficient (Wildman–Crippen LogP) is 4.06. The maximum atomic E-state index is 14.3. The molecule has 0 spiro atoms. The zero-order valence-electron chi connectivity index (χ0n) is 18.8. The predicted molar refractivity (Wildman–Crippen MR) is 117 cm³/mol. The zero-order chi connectivity index (χ0) is 23.8. The molecule has 33 heavy (non-hydrogen) atoms. The summed E-state index contributed by atoms with van der Waals surface area (Å²) in [6.45, 7) is 5.29. The van der Waals surface area contributed by atoms with Gasteiger partial charge in [0.25, 0.3) is 0 Å². The van der Waals surface area contributed by atoms with Crippen LogP contribution >= 0.6 is 0 Å². The number of aromatic nitrogens is 3. The van der Waals surface area contributed by atoms with Gasteiger partial charge >= 0.3 is 0 Å². The van der Waals surface area contributed by atoms with Crippen LogP contribution in [0.3, 0.4) is 0 Å². The molecule has 0 saturated heterocycles. The summed E-state index contributed by atoms with van der Waals surface area (Å²) in [7, 11) is 1.45. The summed E-state index contributed by atoms with van der Waals surface area (Å²) in [6, 6.07) is 5.83. The summed E-state index contributed by atoms with van der Waals surface area (Å²) in [4.78, 5) is 25.5. The number of methoxy groups -OCH3 is 1. The lowest BCUT2D eigenvalue weighted by Crippen LogP contribution is -2.27. The molecule has 1 aliphatic carbocycles. The molecule has 1 fully saturated rings. The third-order valence-electron chi connectivity index (χ3n) is 5.91. The van der Waals surface area contributed by atoms with Crippen LogP contribution in [-0.2, 0) is 10.2 Å². The van der Waals surface area contributed by atoms with Gasteiger partial charge in [-0.1, -0.05) is 0 Å². The normalized spacial score (nSPS) is 19.2. The van der Waals surface area contributed by atoms with Crippen LogP contribution in [0, 0.1) is 38.3 Å². The smallest absolute Gasteiger partial charge is 0.229 e. The standard InChI is InChI=1S/C24H24F2N4O3/c1-13-5-22(28-10-20(13)26)30-23(31)19-9-24(19,16-6-17(25)8-18(7-16)32-4)12-33-21-11-27-15(3)29-14(21)2/h5-8,10-11,19H,9,12H2,1-4H3,(H,28,30,31). The molecule has 0 aliphatic heterocycles. The van der Waals surface area contributed by atoms with Gasteiger partial charge in [-0.25, -0.2) is 23.7 Å².